The van der Waals surface area contributed by atoms with Crippen molar-refractivity contribution in [2.24, 2.45) is 17.3 Å². The molecule has 3 aromatic rings. The Morgan fingerprint density at radius 1 is 1.00 bits per heavy atom. The molecular formula is C22H27N4S+. The van der Waals surface area contributed by atoms with E-state index in [2.05, 4.69) is 95.9 Å². The van der Waals surface area contributed by atoms with Gasteiger partial charge in [-0.15, -0.1) is 0 Å². The normalized spacial score (nSPS) is 11.3. The zero-order valence-corrected chi connectivity index (χ0v) is 17.5. The summed E-state index contributed by atoms with van der Waals surface area (Å²) in [7, 11) is 2.03. The average molecular weight is 380 g/mol. The van der Waals surface area contributed by atoms with Crippen molar-refractivity contribution < 1.29 is 4.57 Å². The molecule has 0 radical (unpaired) electrons. The van der Waals surface area contributed by atoms with Crippen molar-refractivity contribution in [1.82, 2.24) is 0 Å². The molecule has 0 fully saturated rings. The van der Waals surface area contributed by atoms with E-state index in [0.717, 1.165) is 29.5 Å². The second-order valence-electron chi connectivity index (χ2n) is 6.76. The van der Waals surface area contributed by atoms with Gasteiger partial charge in [-0.05, 0) is 73.5 Å². The molecule has 27 heavy (non-hydrogen) atoms. The summed E-state index contributed by atoms with van der Waals surface area (Å²) in [5.74, 6) is 0. The number of benzene rings is 2. The van der Waals surface area contributed by atoms with Gasteiger partial charge in [0.2, 0.25) is 0 Å². The first kappa shape index (κ1) is 19.2. The highest BCUT2D eigenvalue weighted by Gasteiger charge is 2.16. The minimum Gasteiger partial charge on any atom is -0.367 e. The summed E-state index contributed by atoms with van der Waals surface area (Å²) < 4.78 is 2.09. The zero-order valence-electron chi connectivity index (χ0n) is 16.7. The quantitative estimate of drug-likeness (QED) is 0.385. The van der Waals surface area contributed by atoms with Gasteiger partial charge in [0.1, 0.15) is 11.4 Å². The van der Waals surface area contributed by atoms with E-state index in [0.29, 0.717) is 0 Å². The maximum atomic E-state index is 4.50. The van der Waals surface area contributed by atoms with Crippen LogP contribution in [0.1, 0.15) is 28.6 Å². The molecule has 1 aromatic heterocycles. The molecule has 0 bridgehead atoms. The van der Waals surface area contributed by atoms with Crippen LogP contribution in [0.4, 0.5) is 16.5 Å². The maximum Gasteiger partial charge on any atom is 0.408 e. The van der Waals surface area contributed by atoms with E-state index in [9.17, 15) is 0 Å². The van der Waals surface area contributed by atoms with Gasteiger partial charge in [0.15, 0.2) is 0 Å². The van der Waals surface area contributed by atoms with Crippen molar-refractivity contribution in [1.29, 1.82) is 0 Å². The minimum absolute atomic E-state index is 0.904. The lowest BCUT2D eigenvalue weighted by atomic mass is 10.1. The van der Waals surface area contributed by atoms with E-state index in [4.69, 9.17) is 0 Å². The summed E-state index contributed by atoms with van der Waals surface area (Å²) in [6, 6.07) is 17.0. The van der Waals surface area contributed by atoms with Crippen LogP contribution in [0, 0.1) is 20.8 Å². The molecule has 0 unspecified atom stereocenters. The van der Waals surface area contributed by atoms with Crippen LogP contribution >= 0.6 is 11.3 Å². The Balaban J connectivity index is 1.80. The van der Waals surface area contributed by atoms with Gasteiger partial charge in [-0.3, -0.25) is 0 Å². The molecule has 0 atom stereocenters. The first-order valence-corrected chi connectivity index (χ1v) is 10.1. The standard InChI is InChI=1S/C22H27N4S/c1-6-26(15-19-10-8-7-9-11-19)20-12-13-21(16(2)14-20)23-24-22-25(5)17(3)18(4)27-22/h7-14H,6,15H2,1-5H3/q+1. The van der Waals surface area contributed by atoms with E-state index in [1.165, 1.54) is 21.8 Å². The highest BCUT2D eigenvalue weighted by Crippen LogP contribution is 2.28. The van der Waals surface area contributed by atoms with E-state index in [1.54, 1.807) is 11.3 Å². The maximum absolute atomic E-state index is 4.50. The molecule has 2 aromatic carbocycles. The molecule has 5 heteroatoms. The van der Waals surface area contributed by atoms with E-state index in [1.807, 2.05) is 7.05 Å². The average Bonchev–Trinajstić information content (AvgIpc) is 2.92. The predicted octanol–water partition coefficient (Wildman–Crippen LogP) is 5.94. The summed E-state index contributed by atoms with van der Waals surface area (Å²) in [6.07, 6.45) is 0. The monoisotopic (exact) mass is 379 g/mol. The first-order valence-electron chi connectivity index (χ1n) is 9.27. The highest BCUT2D eigenvalue weighted by atomic mass is 32.1. The molecule has 4 nitrogen and oxygen atoms in total. The Bertz CT molecular complexity index is 944. The first-order chi connectivity index (χ1) is 13.0. The van der Waals surface area contributed by atoms with E-state index >= 15 is 0 Å². The van der Waals surface area contributed by atoms with Gasteiger partial charge in [-0.1, -0.05) is 30.3 Å². The number of hydrogen-bond donors (Lipinski definition) is 0. The fourth-order valence-electron chi connectivity index (χ4n) is 2.98. The largest absolute Gasteiger partial charge is 0.408 e. The third kappa shape index (κ3) is 4.42. The Kier molecular flexibility index (Phi) is 6.01. The predicted molar refractivity (Wildman–Crippen MR) is 113 cm³/mol. The van der Waals surface area contributed by atoms with Crippen LogP contribution in [-0.2, 0) is 13.6 Å². The molecule has 1 heterocycles. The van der Waals surface area contributed by atoms with Crippen LogP contribution in [-0.4, -0.2) is 6.54 Å². The third-order valence-corrected chi connectivity index (χ3v) is 6.07. The number of azo groups is 1. The van der Waals surface area contributed by atoms with Crippen molar-refractivity contribution in [2.45, 2.75) is 34.2 Å². The minimum atomic E-state index is 0.904. The van der Waals surface area contributed by atoms with Gasteiger partial charge in [0, 0.05) is 18.8 Å². The van der Waals surface area contributed by atoms with Crippen molar-refractivity contribution in [3.63, 3.8) is 0 Å². The molecule has 0 amide bonds. The Morgan fingerprint density at radius 2 is 1.74 bits per heavy atom. The van der Waals surface area contributed by atoms with Crippen LogP contribution in [0.5, 0.6) is 0 Å². The Morgan fingerprint density at radius 3 is 2.33 bits per heavy atom. The number of aryl methyl sites for hydroxylation is 2. The number of anilines is 1. The highest BCUT2D eigenvalue weighted by molar-refractivity contribution is 7.14. The van der Waals surface area contributed by atoms with Gasteiger partial charge in [0.25, 0.3) is 0 Å². The van der Waals surface area contributed by atoms with E-state index < -0.39 is 0 Å². The van der Waals surface area contributed by atoms with Crippen molar-refractivity contribution >= 4 is 27.8 Å². The lowest BCUT2D eigenvalue weighted by molar-refractivity contribution is -0.660. The Labute approximate surface area is 165 Å². The number of hydrogen-bond acceptors (Lipinski definition) is 4. The van der Waals surface area contributed by atoms with Gasteiger partial charge >= 0.3 is 5.13 Å². The van der Waals surface area contributed by atoms with Gasteiger partial charge < -0.3 is 4.90 Å². The number of nitrogens with zero attached hydrogens (tertiary/aromatic N) is 4. The van der Waals surface area contributed by atoms with Crippen molar-refractivity contribution in [3.05, 3.63) is 70.2 Å². The van der Waals surface area contributed by atoms with Crippen LogP contribution in [0.2, 0.25) is 0 Å². The molecule has 0 aliphatic rings. The molecule has 0 aliphatic heterocycles. The SMILES string of the molecule is CCN(Cc1ccccc1)c1ccc(N=Nc2sc(C)c(C)[n+]2C)c(C)c1. The van der Waals surface area contributed by atoms with Crippen LogP contribution in [0.25, 0.3) is 0 Å². The number of thiazole rings is 1. The lowest BCUT2D eigenvalue weighted by Crippen LogP contribution is -2.28. The molecule has 0 spiro atoms. The second-order valence-corrected chi connectivity index (χ2v) is 7.94. The van der Waals surface area contributed by atoms with Crippen LogP contribution < -0.4 is 9.47 Å². The molecule has 0 saturated heterocycles. The third-order valence-electron chi connectivity index (χ3n) is 4.93. The summed E-state index contributed by atoms with van der Waals surface area (Å²) in [4.78, 5) is 3.65. The number of aromatic nitrogens is 1. The molecular weight excluding hydrogens is 352 g/mol. The fourth-order valence-corrected chi connectivity index (χ4v) is 3.90. The molecule has 140 valence electrons. The summed E-state index contributed by atoms with van der Waals surface area (Å²) in [5, 5.41) is 9.90. The molecule has 0 aliphatic carbocycles. The summed E-state index contributed by atoms with van der Waals surface area (Å²) in [6.45, 7) is 10.4. The van der Waals surface area contributed by atoms with Gasteiger partial charge in [-0.2, -0.15) is 0 Å². The van der Waals surface area contributed by atoms with Crippen molar-refractivity contribution in [2.75, 3.05) is 11.4 Å². The summed E-state index contributed by atoms with van der Waals surface area (Å²) >= 11 is 1.67. The van der Waals surface area contributed by atoms with Gasteiger partial charge in [-0.25, -0.2) is 4.57 Å². The topological polar surface area (TPSA) is 31.8 Å². The fraction of sp³-hybridized carbons (Fsp3) is 0.318. The molecule has 0 N–H and O–H groups in total. The van der Waals surface area contributed by atoms with Crippen molar-refractivity contribution in [3.8, 4) is 0 Å². The molecule has 0 saturated carbocycles. The van der Waals surface area contributed by atoms with Crippen LogP contribution in [0.3, 0.4) is 0 Å². The van der Waals surface area contributed by atoms with Crippen LogP contribution in [0.15, 0.2) is 58.8 Å². The zero-order chi connectivity index (χ0) is 19.4. The van der Waals surface area contributed by atoms with Gasteiger partial charge in [0.05, 0.1) is 17.0 Å². The Hall–Kier alpha value is -2.53. The summed E-state index contributed by atoms with van der Waals surface area (Å²) in [5.41, 5.74) is 5.82. The lowest BCUT2D eigenvalue weighted by Gasteiger charge is -2.23. The molecule has 3 rings (SSSR count). The number of rotatable bonds is 6. The second kappa shape index (κ2) is 8.44. The van der Waals surface area contributed by atoms with E-state index in [-0.39, 0.29) is 0 Å². The smallest absolute Gasteiger partial charge is 0.367 e.